The molecule has 0 N–H and O–H groups in total. The molecule has 1 saturated heterocycles. The lowest BCUT2D eigenvalue weighted by molar-refractivity contribution is -0.134. The van der Waals surface area contributed by atoms with Gasteiger partial charge in [-0.1, -0.05) is 17.7 Å². The quantitative estimate of drug-likeness (QED) is 0.792. The molecule has 0 saturated carbocycles. The Labute approximate surface area is 153 Å². The van der Waals surface area contributed by atoms with Crippen LogP contribution in [0.2, 0.25) is 5.02 Å². The van der Waals surface area contributed by atoms with Gasteiger partial charge in [0.15, 0.2) is 0 Å². The molecule has 1 aliphatic heterocycles. The highest BCUT2D eigenvalue weighted by Crippen LogP contribution is 2.18. The molecule has 1 unspecified atom stereocenters. The van der Waals surface area contributed by atoms with Gasteiger partial charge in [-0.2, -0.15) is 5.10 Å². The first-order valence-corrected chi connectivity index (χ1v) is 9.01. The van der Waals surface area contributed by atoms with Crippen molar-refractivity contribution in [2.75, 3.05) is 26.7 Å². The van der Waals surface area contributed by atoms with E-state index in [0.717, 1.165) is 39.0 Å². The number of carbonyl (C=O) groups excluding carboxylic acids is 1. The maximum absolute atomic E-state index is 12.5. The van der Waals surface area contributed by atoms with Crippen molar-refractivity contribution in [2.45, 2.75) is 25.9 Å². The summed E-state index contributed by atoms with van der Waals surface area (Å²) < 4.78 is 1.60. The summed E-state index contributed by atoms with van der Waals surface area (Å²) in [6, 6.07) is 4.06. The van der Waals surface area contributed by atoms with Crippen molar-refractivity contribution < 1.29 is 4.79 Å². The first-order valence-electron chi connectivity index (χ1n) is 8.63. The SMILES string of the molecule is CN(Cc1cccnc1)CC1CCCN(C(=O)Cn2cc(Cl)cn2)C1. The third-order valence-corrected chi connectivity index (χ3v) is 4.71. The molecular weight excluding hydrogens is 338 g/mol. The van der Waals surface area contributed by atoms with E-state index in [1.165, 1.54) is 5.56 Å². The lowest BCUT2D eigenvalue weighted by Gasteiger charge is -2.34. The predicted molar refractivity (Wildman–Crippen MR) is 97.1 cm³/mol. The number of hydrogen-bond donors (Lipinski definition) is 0. The molecule has 0 radical (unpaired) electrons. The van der Waals surface area contributed by atoms with Crippen molar-refractivity contribution >= 4 is 17.5 Å². The second kappa shape index (κ2) is 8.45. The maximum Gasteiger partial charge on any atom is 0.244 e. The van der Waals surface area contributed by atoms with E-state index in [1.807, 2.05) is 17.2 Å². The van der Waals surface area contributed by atoms with Crippen LogP contribution in [0.25, 0.3) is 0 Å². The zero-order valence-corrected chi connectivity index (χ0v) is 15.3. The lowest BCUT2D eigenvalue weighted by atomic mass is 9.97. The van der Waals surface area contributed by atoms with Gasteiger partial charge in [0.1, 0.15) is 6.54 Å². The Hall–Kier alpha value is -1.92. The molecule has 6 nitrogen and oxygen atoms in total. The Morgan fingerprint density at radius 3 is 3.04 bits per heavy atom. The summed E-state index contributed by atoms with van der Waals surface area (Å²) in [5, 5.41) is 4.64. The molecule has 7 heteroatoms. The van der Waals surface area contributed by atoms with E-state index < -0.39 is 0 Å². The van der Waals surface area contributed by atoms with Gasteiger partial charge in [0.05, 0.1) is 11.2 Å². The summed E-state index contributed by atoms with van der Waals surface area (Å²) in [5.74, 6) is 0.611. The normalized spacial score (nSPS) is 17.9. The molecule has 0 spiro atoms. The Balaban J connectivity index is 1.49. The van der Waals surface area contributed by atoms with E-state index in [2.05, 4.69) is 28.1 Å². The highest BCUT2D eigenvalue weighted by atomic mass is 35.5. The summed E-state index contributed by atoms with van der Waals surface area (Å²) in [4.78, 5) is 20.9. The molecule has 134 valence electrons. The van der Waals surface area contributed by atoms with E-state index >= 15 is 0 Å². The highest BCUT2D eigenvalue weighted by molar-refractivity contribution is 6.30. The summed E-state index contributed by atoms with van der Waals surface area (Å²) in [6.45, 7) is 3.75. The molecular formula is C18H24ClN5O. The fraction of sp³-hybridized carbons (Fsp3) is 0.500. The molecule has 1 aliphatic rings. The summed E-state index contributed by atoms with van der Waals surface area (Å²) in [5.41, 5.74) is 1.21. The van der Waals surface area contributed by atoms with Gasteiger partial charge in [-0.05, 0) is 37.4 Å². The van der Waals surface area contributed by atoms with Gasteiger partial charge in [0.25, 0.3) is 0 Å². The summed E-state index contributed by atoms with van der Waals surface area (Å²) in [6.07, 6.45) is 9.15. The van der Waals surface area contributed by atoms with Crippen LogP contribution in [0.15, 0.2) is 36.9 Å². The van der Waals surface area contributed by atoms with Crippen molar-refractivity contribution in [2.24, 2.45) is 5.92 Å². The number of aromatic nitrogens is 3. The van der Waals surface area contributed by atoms with E-state index in [4.69, 9.17) is 11.6 Å². The molecule has 0 bridgehead atoms. The lowest BCUT2D eigenvalue weighted by Crippen LogP contribution is -2.44. The number of halogens is 1. The molecule has 0 aliphatic carbocycles. The fourth-order valence-corrected chi connectivity index (χ4v) is 3.57. The van der Waals surface area contributed by atoms with E-state index in [0.29, 0.717) is 10.9 Å². The molecule has 0 aromatic carbocycles. The summed E-state index contributed by atoms with van der Waals surface area (Å²) >= 11 is 5.86. The Bertz CT molecular complexity index is 690. The largest absolute Gasteiger partial charge is 0.341 e. The standard InChI is InChI=1S/C18H24ClN5O/c1-22(10-15-4-2-6-20-8-15)11-16-5-3-7-23(12-16)18(25)14-24-13-17(19)9-21-24/h2,4,6,8-9,13,16H,3,5,7,10-12,14H2,1H3. The smallest absolute Gasteiger partial charge is 0.244 e. The van der Waals surface area contributed by atoms with Crippen LogP contribution < -0.4 is 0 Å². The van der Waals surface area contributed by atoms with Crippen molar-refractivity contribution in [1.82, 2.24) is 24.6 Å². The topological polar surface area (TPSA) is 54.3 Å². The van der Waals surface area contributed by atoms with Gasteiger partial charge in [0.2, 0.25) is 5.91 Å². The van der Waals surface area contributed by atoms with Crippen LogP contribution in [0.4, 0.5) is 0 Å². The van der Waals surface area contributed by atoms with Crippen LogP contribution in [0, 0.1) is 5.92 Å². The van der Waals surface area contributed by atoms with Crippen molar-refractivity contribution in [1.29, 1.82) is 0 Å². The molecule has 2 aromatic rings. The second-order valence-corrected chi connectivity index (χ2v) is 7.20. The average Bonchev–Trinajstić information content (AvgIpc) is 3.00. The zero-order chi connectivity index (χ0) is 17.6. The number of pyridine rings is 1. The van der Waals surface area contributed by atoms with Gasteiger partial charge in [0, 0.05) is 44.8 Å². The van der Waals surface area contributed by atoms with Crippen molar-refractivity contribution in [3.8, 4) is 0 Å². The van der Waals surface area contributed by atoms with Crippen molar-refractivity contribution in [3.63, 3.8) is 0 Å². The number of amides is 1. The van der Waals surface area contributed by atoms with E-state index in [-0.39, 0.29) is 12.5 Å². The number of likely N-dealkylation sites (tertiary alicyclic amines) is 1. The highest BCUT2D eigenvalue weighted by Gasteiger charge is 2.24. The molecule has 2 aromatic heterocycles. The minimum atomic E-state index is 0.111. The Kier molecular flexibility index (Phi) is 6.04. The van der Waals surface area contributed by atoms with Crippen LogP contribution >= 0.6 is 11.6 Å². The van der Waals surface area contributed by atoms with Gasteiger partial charge in [-0.3, -0.25) is 14.5 Å². The minimum absolute atomic E-state index is 0.111. The summed E-state index contributed by atoms with van der Waals surface area (Å²) in [7, 11) is 2.12. The number of carbonyl (C=O) groups is 1. The second-order valence-electron chi connectivity index (χ2n) is 6.76. The van der Waals surface area contributed by atoms with Gasteiger partial charge in [-0.25, -0.2) is 0 Å². The number of rotatable bonds is 6. The Morgan fingerprint density at radius 2 is 2.32 bits per heavy atom. The first kappa shape index (κ1) is 17.9. The molecule has 1 amide bonds. The van der Waals surface area contributed by atoms with Crippen LogP contribution in [-0.4, -0.2) is 57.2 Å². The molecule has 1 atom stereocenters. The van der Waals surface area contributed by atoms with Gasteiger partial charge in [-0.15, -0.1) is 0 Å². The van der Waals surface area contributed by atoms with Crippen LogP contribution in [0.3, 0.4) is 0 Å². The Morgan fingerprint density at radius 1 is 1.44 bits per heavy atom. The van der Waals surface area contributed by atoms with E-state index in [9.17, 15) is 4.79 Å². The molecule has 3 rings (SSSR count). The first-order chi connectivity index (χ1) is 12.1. The average molecular weight is 362 g/mol. The third kappa shape index (κ3) is 5.28. The van der Waals surface area contributed by atoms with Crippen molar-refractivity contribution in [3.05, 3.63) is 47.5 Å². The van der Waals surface area contributed by atoms with Crippen LogP contribution in [0.5, 0.6) is 0 Å². The van der Waals surface area contributed by atoms with E-state index in [1.54, 1.807) is 23.3 Å². The number of piperidine rings is 1. The molecule has 1 fully saturated rings. The fourth-order valence-electron chi connectivity index (χ4n) is 3.41. The third-order valence-electron chi connectivity index (χ3n) is 4.52. The number of hydrogen-bond acceptors (Lipinski definition) is 4. The van der Waals surface area contributed by atoms with Crippen LogP contribution in [-0.2, 0) is 17.9 Å². The molecule has 25 heavy (non-hydrogen) atoms. The van der Waals surface area contributed by atoms with Gasteiger partial charge < -0.3 is 9.80 Å². The predicted octanol–water partition coefficient (Wildman–Crippen LogP) is 2.30. The number of nitrogens with zero attached hydrogens (tertiary/aromatic N) is 5. The zero-order valence-electron chi connectivity index (χ0n) is 14.5. The van der Waals surface area contributed by atoms with Crippen LogP contribution in [0.1, 0.15) is 18.4 Å². The minimum Gasteiger partial charge on any atom is -0.341 e. The monoisotopic (exact) mass is 361 g/mol. The molecule has 3 heterocycles. The maximum atomic E-state index is 12.5. The van der Waals surface area contributed by atoms with Gasteiger partial charge >= 0.3 is 0 Å².